The third kappa shape index (κ3) is 5.35. The quantitative estimate of drug-likeness (QED) is 0.706. The van der Waals surface area contributed by atoms with E-state index >= 15 is 0 Å². The maximum atomic E-state index is 12.4. The van der Waals surface area contributed by atoms with Crippen LogP contribution in [0.4, 0.5) is 0 Å². The Kier molecular flexibility index (Phi) is 7.51. The van der Waals surface area contributed by atoms with Crippen LogP contribution in [-0.2, 0) is 10.0 Å². The zero-order chi connectivity index (χ0) is 15.2. The molecule has 0 radical (unpaired) electrons. The molecule has 0 aliphatic heterocycles. The van der Waals surface area contributed by atoms with E-state index in [1.807, 2.05) is 0 Å². The zero-order valence-electron chi connectivity index (χ0n) is 11.8. The molecule has 3 nitrogen and oxygen atoms in total. The number of hydrogen-bond acceptors (Lipinski definition) is 2. The fraction of sp³-hybridized carbons (Fsp3) is 0.571. The lowest BCUT2D eigenvalue weighted by molar-refractivity contribution is 0.483. The molecule has 0 saturated heterocycles. The SMILES string of the molecule is CCCCC(CCC)NS(=O)(=O)c1ccc(Cl)c(Br)c1. The van der Waals surface area contributed by atoms with Crippen LogP contribution < -0.4 is 4.72 Å². The number of halogens is 2. The van der Waals surface area contributed by atoms with Gasteiger partial charge in [0.1, 0.15) is 0 Å². The van der Waals surface area contributed by atoms with Crippen LogP contribution in [0.1, 0.15) is 46.0 Å². The summed E-state index contributed by atoms with van der Waals surface area (Å²) in [5, 5.41) is 0.500. The fourth-order valence-corrected chi connectivity index (χ4v) is 3.97. The first-order valence-corrected chi connectivity index (χ1v) is 9.53. The van der Waals surface area contributed by atoms with Crippen LogP contribution >= 0.6 is 27.5 Å². The molecule has 0 aromatic heterocycles. The molecule has 0 heterocycles. The highest BCUT2D eigenvalue weighted by Gasteiger charge is 2.20. The summed E-state index contributed by atoms with van der Waals surface area (Å²) < 4.78 is 28.1. The van der Waals surface area contributed by atoms with Gasteiger partial charge in [0.25, 0.3) is 0 Å². The first kappa shape index (κ1) is 18.0. The maximum Gasteiger partial charge on any atom is 0.240 e. The van der Waals surface area contributed by atoms with Crippen molar-refractivity contribution in [3.05, 3.63) is 27.7 Å². The number of rotatable bonds is 8. The van der Waals surface area contributed by atoms with Crippen LogP contribution in [0.3, 0.4) is 0 Å². The number of hydrogen-bond donors (Lipinski definition) is 1. The van der Waals surface area contributed by atoms with E-state index in [1.54, 1.807) is 6.07 Å². The minimum Gasteiger partial charge on any atom is -0.208 e. The van der Waals surface area contributed by atoms with Gasteiger partial charge in [-0.25, -0.2) is 13.1 Å². The largest absolute Gasteiger partial charge is 0.240 e. The molecule has 0 aliphatic carbocycles. The smallest absolute Gasteiger partial charge is 0.208 e. The molecule has 1 N–H and O–H groups in total. The molecule has 1 rings (SSSR count). The van der Waals surface area contributed by atoms with Crippen molar-refractivity contribution in [1.82, 2.24) is 4.72 Å². The zero-order valence-corrected chi connectivity index (χ0v) is 15.0. The lowest BCUT2D eigenvalue weighted by Crippen LogP contribution is -2.34. The van der Waals surface area contributed by atoms with Crippen molar-refractivity contribution in [2.75, 3.05) is 0 Å². The van der Waals surface area contributed by atoms with Gasteiger partial charge in [0.05, 0.1) is 9.92 Å². The Morgan fingerprint density at radius 1 is 1.25 bits per heavy atom. The molecule has 6 heteroatoms. The Morgan fingerprint density at radius 3 is 2.50 bits per heavy atom. The molecular formula is C14H21BrClNO2S. The molecular weight excluding hydrogens is 362 g/mol. The third-order valence-corrected chi connectivity index (χ3v) is 5.80. The van der Waals surface area contributed by atoms with Crippen LogP contribution in [-0.4, -0.2) is 14.5 Å². The van der Waals surface area contributed by atoms with Crippen molar-refractivity contribution in [2.24, 2.45) is 0 Å². The number of sulfonamides is 1. The fourth-order valence-electron chi connectivity index (χ4n) is 1.99. The van der Waals surface area contributed by atoms with E-state index in [4.69, 9.17) is 11.6 Å². The van der Waals surface area contributed by atoms with Crippen molar-refractivity contribution in [2.45, 2.75) is 56.9 Å². The second-order valence-electron chi connectivity index (χ2n) is 4.83. The van der Waals surface area contributed by atoms with Gasteiger partial charge < -0.3 is 0 Å². The number of unbranched alkanes of at least 4 members (excludes halogenated alkanes) is 1. The first-order chi connectivity index (χ1) is 9.40. The molecule has 0 saturated carbocycles. The highest BCUT2D eigenvalue weighted by molar-refractivity contribution is 9.10. The maximum absolute atomic E-state index is 12.4. The molecule has 1 aromatic carbocycles. The van der Waals surface area contributed by atoms with E-state index in [0.717, 1.165) is 32.1 Å². The molecule has 114 valence electrons. The van der Waals surface area contributed by atoms with Crippen molar-refractivity contribution in [3.63, 3.8) is 0 Å². The van der Waals surface area contributed by atoms with Gasteiger partial charge in [-0.3, -0.25) is 0 Å². The van der Waals surface area contributed by atoms with Gasteiger partial charge in [-0.15, -0.1) is 0 Å². The van der Waals surface area contributed by atoms with Crippen molar-refractivity contribution in [1.29, 1.82) is 0 Å². The second kappa shape index (κ2) is 8.37. The van der Waals surface area contributed by atoms with Crippen molar-refractivity contribution in [3.8, 4) is 0 Å². The van der Waals surface area contributed by atoms with E-state index < -0.39 is 10.0 Å². The van der Waals surface area contributed by atoms with Gasteiger partial charge in [0.2, 0.25) is 10.0 Å². The Bertz CT molecular complexity index is 534. The van der Waals surface area contributed by atoms with Crippen LogP contribution in [0.2, 0.25) is 5.02 Å². The molecule has 20 heavy (non-hydrogen) atoms. The summed E-state index contributed by atoms with van der Waals surface area (Å²) in [5.41, 5.74) is 0. The van der Waals surface area contributed by atoms with Crippen molar-refractivity contribution < 1.29 is 8.42 Å². The van der Waals surface area contributed by atoms with Crippen LogP contribution in [0, 0.1) is 0 Å². The standard InChI is InChI=1S/C14H21BrClNO2S/c1-3-5-7-11(6-4-2)17-20(18,19)12-8-9-14(16)13(15)10-12/h8-11,17H,3-7H2,1-2H3. The molecule has 0 aliphatic rings. The number of nitrogens with one attached hydrogen (secondary N) is 1. The predicted molar refractivity (Wildman–Crippen MR) is 87.7 cm³/mol. The van der Waals surface area contributed by atoms with Gasteiger partial charge >= 0.3 is 0 Å². The molecule has 0 spiro atoms. The van der Waals surface area contributed by atoms with Gasteiger partial charge in [-0.1, -0.05) is 44.7 Å². The Hall–Kier alpha value is -0.100. The Labute approximate surface area is 135 Å². The summed E-state index contributed by atoms with van der Waals surface area (Å²) in [6.07, 6.45) is 4.78. The molecule has 1 atom stereocenters. The molecule has 1 aromatic rings. The topological polar surface area (TPSA) is 46.2 Å². The highest BCUT2D eigenvalue weighted by atomic mass is 79.9. The van der Waals surface area contributed by atoms with E-state index in [-0.39, 0.29) is 10.9 Å². The summed E-state index contributed by atoms with van der Waals surface area (Å²) in [6.45, 7) is 4.17. The normalized spacial score (nSPS) is 13.4. The molecule has 0 amide bonds. The molecule has 0 fully saturated rings. The minimum absolute atomic E-state index is 0.000552. The van der Waals surface area contributed by atoms with E-state index in [2.05, 4.69) is 34.5 Å². The first-order valence-electron chi connectivity index (χ1n) is 6.88. The Balaban J connectivity index is 2.87. The number of benzene rings is 1. The summed E-state index contributed by atoms with van der Waals surface area (Å²) >= 11 is 9.15. The lowest BCUT2D eigenvalue weighted by Gasteiger charge is -2.18. The van der Waals surface area contributed by atoms with Gasteiger partial charge in [0, 0.05) is 10.5 Å². The summed E-state index contributed by atoms with van der Waals surface area (Å²) in [7, 11) is -3.49. The van der Waals surface area contributed by atoms with Crippen LogP contribution in [0.25, 0.3) is 0 Å². The average Bonchev–Trinajstić information content (AvgIpc) is 2.39. The van der Waals surface area contributed by atoms with E-state index in [9.17, 15) is 8.42 Å². The lowest BCUT2D eigenvalue weighted by atomic mass is 10.1. The molecule has 0 bridgehead atoms. The second-order valence-corrected chi connectivity index (χ2v) is 7.80. The van der Waals surface area contributed by atoms with Crippen LogP contribution in [0.5, 0.6) is 0 Å². The predicted octanol–water partition coefficient (Wildman–Crippen LogP) is 4.74. The minimum atomic E-state index is -3.49. The third-order valence-electron chi connectivity index (χ3n) is 3.07. The Morgan fingerprint density at radius 2 is 1.95 bits per heavy atom. The van der Waals surface area contributed by atoms with Gasteiger partial charge in [0.15, 0.2) is 0 Å². The van der Waals surface area contributed by atoms with E-state index in [0.29, 0.717) is 9.50 Å². The average molecular weight is 383 g/mol. The summed E-state index contributed by atoms with van der Waals surface area (Å²) in [4.78, 5) is 0.242. The molecule has 1 unspecified atom stereocenters. The monoisotopic (exact) mass is 381 g/mol. The van der Waals surface area contributed by atoms with Crippen LogP contribution in [0.15, 0.2) is 27.6 Å². The van der Waals surface area contributed by atoms with Crippen molar-refractivity contribution >= 4 is 37.6 Å². The van der Waals surface area contributed by atoms with E-state index in [1.165, 1.54) is 12.1 Å². The summed E-state index contributed by atoms with van der Waals surface area (Å²) in [6, 6.07) is 4.65. The highest BCUT2D eigenvalue weighted by Crippen LogP contribution is 2.25. The van der Waals surface area contributed by atoms with Gasteiger partial charge in [-0.05, 0) is 47.0 Å². The van der Waals surface area contributed by atoms with Gasteiger partial charge in [-0.2, -0.15) is 0 Å². The summed E-state index contributed by atoms with van der Waals surface area (Å²) in [5.74, 6) is 0.